The van der Waals surface area contributed by atoms with Gasteiger partial charge in [0.05, 0.1) is 6.21 Å². The molecule has 0 aromatic heterocycles. The highest BCUT2D eigenvalue weighted by molar-refractivity contribution is 6.13. The van der Waals surface area contributed by atoms with Crippen molar-refractivity contribution in [2.24, 2.45) is 5.10 Å². The number of amides is 1. The second kappa shape index (κ2) is 8.69. The number of rotatable bonds is 5. The molecule has 0 saturated carbocycles. The minimum atomic E-state index is -1.87. The van der Waals surface area contributed by atoms with E-state index in [1.165, 1.54) is 0 Å². The van der Waals surface area contributed by atoms with E-state index in [9.17, 15) is 9.90 Å². The summed E-state index contributed by atoms with van der Waals surface area (Å²) in [6.45, 7) is 0. The molecule has 0 radical (unpaired) electrons. The number of nitrogens with one attached hydrogen (secondary N) is 1. The van der Waals surface area contributed by atoms with E-state index in [2.05, 4.69) is 28.7 Å². The van der Waals surface area contributed by atoms with Crippen molar-refractivity contribution >= 4 is 33.7 Å². The summed E-state index contributed by atoms with van der Waals surface area (Å²) in [7, 11) is 0. The smallest absolute Gasteiger partial charge is 0.281 e. The van der Waals surface area contributed by atoms with Crippen molar-refractivity contribution in [3.63, 3.8) is 0 Å². The summed E-state index contributed by atoms with van der Waals surface area (Å²) in [6, 6.07) is 36.1. The summed E-state index contributed by atoms with van der Waals surface area (Å²) in [5.41, 5.74) is 2.56. The number of hydrogen-bond acceptors (Lipinski definition) is 3. The third-order valence-electron chi connectivity index (χ3n) is 5.88. The Morgan fingerprint density at radius 1 is 0.697 bits per heavy atom. The van der Waals surface area contributed by atoms with Crippen molar-refractivity contribution in [1.29, 1.82) is 0 Å². The maximum atomic E-state index is 13.3. The molecule has 5 aromatic carbocycles. The minimum absolute atomic E-state index is 0.472. The predicted molar refractivity (Wildman–Crippen MR) is 133 cm³/mol. The van der Waals surface area contributed by atoms with Crippen molar-refractivity contribution in [2.45, 2.75) is 5.60 Å². The van der Waals surface area contributed by atoms with Crippen LogP contribution in [0.15, 0.2) is 120 Å². The molecule has 0 spiro atoms. The van der Waals surface area contributed by atoms with Gasteiger partial charge >= 0.3 is 0 Å². The maximum Gasteiger partial charge on any atom is 0.281 e. The molecule has 0 atom stereocenters. The summed E-state index contributed by atoms with van der Waals surface area (Å²) in [5, 5.41) is 20.1. The van der Waals surface area contributed by atoms with Crippen molar-refractivity contribution < 1.29 is 9.90 Å². The van der Waals surface area contributed by atoms with E-state index >= 15 is 0 Å². The largest absolute Gasteiger partial charge is 0.372 e. The lowest BCUT2D eigenvalue weighted by molar-refractivity contribution is -0.136. The standard InChI is InChI=1S/C29H22N2O2/c32-28(29(33,23-13-3-1-4-14-23)24-15-5-2-6-16-24)31-30-20-27-25-17-9-7-11-21(25)19-22-12-8-10-18-26(22)27/h1-20,33H,(H,31,32)/b30-20-. The Morgan fingerprint density at radius 3 is 1.67 bits per heavy atom. The van der Waals surface area contributed by atoms with E-state index in [0.717, 1.165) is 27.1 Å². The number of fused-ring (bicyclic) bond motifs is 2. The fraction of sp³-hybridized carbons (Fsp3) is 0.0345. The van der Waals surface area contributed by atoms with E-state index in [4.69, 9.17) is 0 Å². The van der Waals surface area contributed by atoms with Gasteiger partial charge in [-0.3, -0.25) is 4.79 Å². The number of benzene rings is 5. The Morgan fingerprint density at radius 2 is 1.15 bits per heavy atom. The van der Waals surface area contributed by atoms with Gasteiger partial charge < -0.3 is 5.11 Å². The highest BCUT2D eigenvalue weighted by atomic mass is 16.3. The minimum Gasteiger partial charge on any atom is -0.372 e. The number of nitrogens with zero attached hydrogens (tertiary/aromatic N) is 1. The molecule has 0 aliphatic heterocycles. The van der Waals surface area contributed by atoms with Crippen LogP contribution in [0.5, 0.6) is 0 Å². The van der Waals surface area contributed by atoms with Crippen LogP contribution in [0.3, 0.4) is 0 Å². The van der Waals surface area contributed by atoms with Gasteiger partial charge in [-0.2, -0.15) is 5.10 Å². The van der Waals surface area contributed by atoms with Crippen LogP contribution in [0, 0.1) is 0 Å². The number of hydrogen-bond donors (Lipinski definition) is 2. The highest BCUT2D eigenvalue weighted by Gasteiger charge is 2.39. The van der Waals surface area contributed by atoms with Gasteiger partial charge in [-0.25, -0.2) is 5.43 Å². The van der Waals surface area contributed by atoms with Gasteiger partial charge in [0.2, 0.25) is 0 Å². The second-order valence-corrected chi connectivity index (χ2v) is 7.87. The number of carbonyl (C=O) groups excluding carboxylic acids is 1. The molecular formula is C29H22N2O2. The average molecular weight is 431 g/mol. The Kier molecular flexibility index (Phi) is 5.43. The third kappa shape index (κ3) is 3.77. The predicted octanol–water partition coefficient (Wildman–Crippen LogP) is 5.38. The molecule has 5 aromatic rings. The molecule has 160 valence electrons. The van der Waals surface area contributed by atoms with Crippen LogP contribution in [0.4, 0.5) is 0 Å². The fourth-order valence-corrected chi connectivity index (χ4v) is 4.21. The van der Waals surface area contributed by atoms with E-state index in [1.807, 2.05) is 48.5 Å². The third-order valence-corrected chi connectivity index (χ3v) is 5.88. The van der Waals surface area contributed by atoms with Crippen LogP contribution >= 0.6 is 0 Å². The molecule has 0 aliphatic rings. The monoisotopic (exact) mass is 430 g/mol. The zero-order chi connectivity index (χ0) is 22.7. The molecule has 1 amide bonds. The van der Waals surface area contributed by atoms with Crippen molar-refractivity contribution in [2.75, 3.05) is 0 Å². The van der Waals surface area contributed by atoms with Crippen LogP contribution < -0.4 is 5.43 Å². The van der Waals surface area contributed by atoms with Gasteiger partial charge in [-0.1, -0.05) is 109 Å². The quantitative estimate of drug-likeness (QED) is 0.223. The van der Waals surface area contributed by atoms with E-state index in [1.54, 1.807) is 54.7 Å². The van der Waals surface area contributed by atoms with Crippen LogP contribution in [0.25, 0.3) is 21.5 Å². The Hall–Kier alpha value is -4.28. The van der Waals surface area contributed by atoms with Gasteiger partial charge in [0.25, 0.3) is 5.91 Å². The number of hydrazone groups is 1. The van der Waals surface area contributed by atoms with E-state index in [0.29, 0.717) is 11.1 Å². The van der Waals surface area contributed by atoms with E-state index in [-0.39, 0.29) is 0 Å². The zero-order valence-electron chi connectivity index (χ0n) is 17.8. The summed E-state index contributed by atoms with van der Waals surface area (Å²) >= 11 is 0. The molecule has 4 heteroatoms. The SMILES string of the molecule is O=C(N/N=C\c1c2ccccc2cc2ccccc12)C(O)(c1ccccc1)c1ccccc1. The first-order valence-corrected chi connectivity index (χ1v) is 10.8. The topological polar surface area (TPSA) is 61.7 Å². The van der Waals surface area contributed by atoms with Crippen molar-refractivity contribution in [3.8, 4) is 0 Å². The first kappa shape index (κ1) is 20.6. The normalized spacial score (nSPS) is 11.8. The molecule has 33 heavy (non-hydrogen) atoms. The highest BCUT2D eigenvalue weighted by Crippen LogP contribution is 2.30. The van der Waals surface area contributed by atoms with Crippen LogP contribution in [0.2, 0.25) is 0 Å². The molecule has 0 fully saturated rings. The van der Waals surface area contributed by atoms with Gasteiger partial charge in [0, 0.05) is 5.56 Å². The first-order chi connectivity index (χ1) is 16.2. The molecule has 5 rings (SSSR count). The Balaban J connectivity index is 1.54. The van der Waals surface area contributed by atoms with Crippen molar-refractivity contribution in [3.05, 3.63) is 132 Å². The van der Waals surface area contributed by atoms with Crippen molar-refractivity contribution in [1.82, 2.24) is 5.43 Å². The lowest BCUT2D eigenvalue weighted by atomic mass is 9.85. The Labute approximate surface area is 191 Å². The zero-order valence-corrected chi connectivity index (χ0v) is 17.8. The summed E-state index contributed by atoms with van der Waals surface area (Å²) in [6.07, 6.45) is 1.65. The number of carbonyl (C=O) groups is 1. The molecular weight excluding hydrogens is 408 g/mol. The Bertz CT molecular complexity index is 1370. The number of aliphatic hydroxyl groups is 1. The molecule has 0 saturated heterocycles. The second-order valence-electron chi connectivity index (χ2n) is 7.87. The molecule has 4 nitrogen and oxygen atoms in total. The van der Waals surface area contributed by atoms with Crippen LogP contribution in [-0.4, -0.2) is 17.2 Å². The summed E-state index contributed by atoms with van der Waals surface area (Å²) in [5.74, 6) is -0.624. The molecule has 0 heterocycles. The summed E-state index contributed by atoms with van der Waals surface area (Å²) in [4.78, 5) is 13.3. The fourth-order valence-electron chi connectivity index (χ4n) is 4.21. The lowest BCUT2D eigenvalue weighted by Gasteiger charge is -2.27. The van der Waals surface area contributed by atoms with Gasteiger partial charge in [0.15, 0.2) is 5.60 Å². The molecule has 2 N–H and O–H groups in total. The average Bonchev–Trinajstić information content (AvgIpc) is 2.88. The molecule has 0 bridgehead atoms. The van der Waals surface area contributed by atoms with Gasteiger partial charge in [-0.15, -0.1) is 0 Å². The van der Waals surface area contributed by atoms with E-state index < -0.39 is 11.5 Å². The lowest BCUT2D eigenvalue weighted by Crippen LogP contribution is -2.43. The first-order valence-electron chi connectivity index (χ1n) is 10.8. The maximum absolute atomic E-state index is 13.3. The van der Waals surface area contributed by atoms with Gasteiger partial charge in [0.1, 0.15) is 0 Å². The summed E-state index contributed by atoms with van der Waals surface area (Å²) < 4.78 is 0. The van der Waals surface area contributed by atoms with Crippen LogP contribution in [0.1, 0.15) is 16.7 Å². The van der Waals surface area contributed by atoms with Gasteiger partial charge in [-0.05, 0) is 38.7 Å². The molecule has 0 unspecified atom stereocenters. The molecule has 0 aliphatic carbocycles. The van der Waals surface area contributed by atoms with Crippen LogP contribution in [-0.2, 0) is 10.4 Å².